The van der Waals surface area contributed by atoms with Gasteiger partial charge in [-0.2, -0.15) is 13.2 Å². The van der Waals surface area contributed by atoms with E-state index in [4.69, 9.17) is 0 Å². The maximum Gasteiger partial charge on any atom is 0.401 e. The molecule has 0 N–H and O–H groups in total. The third-order valence-electron chi connectivity index (χ3n) is 3.25. The van der Waals surface area contributed by atoms with Gasteiger partial charge in [0.1, 0.15) is 5.69 Å². The number of hydrogen-bond donors (Lipinski definition) is 0. The van der Waals surface area contributed by atoms with Gasteiger partial charge in [0.15, 0.2) is 0 Å². The Hall–Kier alpha value is -1.35. The molecule has 1 heterocycles. The van der Waals surface area contributed by atoms with E-state index in [1.54, 1.807) is 17.0 Å². The van der Waals surface area contributed by atoms with Crippen LogP contribution in [0.2, 0.25) is 0 Å². The van der Waals surface area contributed by atoms with Crippen LogP contribution < -0.4 is 4.90 Å². The van der Waals surface area contributed by atoms with Gasteiger partial charge >= 0.3 is 6.18 Å². The van der Waals surface area contributed by atoms with Crippen molar-refractivity contribution in [3.05, 3.63) is 32.8 Å². The van der Waals surface area contributed by atoms with Gasteiger partial charge in [-0.15, -0.1) is 0 Å². The highest BCUT2D eigenvalue weighted by molar-refractivity contribution is 9.10. The summed E-state index contributed by atoms with van der Waals surface area (Å²) in [6, 6.07) is 4.70. The summed E-state index contributed by atoms with van der Waals surface area (Å²) < 4.78 is 37.6. The highest BCUT2D eigenvalue weighted by Gasteiger charge is 2.33. The Kier molecular flexibility index (Phi) is 4.72. The van der Waals surface area contributed by atoms with E-state index in [2.05, 4.69) is 15.9 Å². The van der Waals surface area contributed by atoms with Crippen LogP contribution in [0.4, 0.5) is 24.5 Å². The van der Waals surface area contributed by atoms with Crippen LogP contribution >= 0.6 is 15.9 Å². The molecule has 1 aliphatic rings. The molecule has 21 heavy (non-hydrogen) atoms. The molecule has 0 saturated carbocycles. The molecule has 1 aromatic carbocycles. The Morgan fingerprint density at radius 1 is 1.24 bits per heavy atom. The average Bonchev–Trinajstić information content (AvgIpc) is 2.38. The van der Waals surface area contributed by atoms with Gasteiger partial charge in [0.05, 0.1) is 11.5 Å². The molecule has 0 radical (unpaired) electrons. The SMILES string of the molecule is O=[N+]([O-])c1cc(Br)ccc1N1CCN(CC(F)(F)F)CC1. The number of nitrogens with zero attached hydrogens (tertiary/aromatic N) is 3. The largest absolute Gasteiger partial charge is 0.401 e. The standard InChI is InChI=1S/C12H13BrF3N3O2/c13-9-1-2-10(11(7-9)19(20)21)18-5-3-17(4-6-18)8-12(14,15)16/h1-2,7H,3-6,8H2. The van der Waals surface area contributed by atoms with Gasteiger partial charge in [0.2, 0.25) is 0 Å². The molecule has 1 saturated heterocycles. The van der Waals surface area contributed by atoms with Crippen molar-refractivity contribution >= 4 is 27.3 Å². The van der Waals surface area contributed by atoms with E-state index >= 15 is 0 Å². The second-order valence-corrected chi connectivity index (χ2v) is 5.68. The summed E-state index contributed by atoms with van der Waals surface area (Å²) in [6.45, 7) is 0.180. The molecule has 1 aliphatic heterocycles. The first-order valence-electron chi connectivity index (χ1n) is 6.24. The van der Waals surface area contributed by atoms with Crippen LogP contribution in [0, 0.1) is 10.1 Å². The summed E-state index contributed by atoms with van der Waals surface area (Å²) in [4.78, 5) is 13.6. The molecule has 9 heteroatoms. The number of anilines is 1. The molecule has 0 atom stereocenters. The molecule has 116 valence electrons. The van der Waals surface area contributed by atoms with Gasteiger partial charge in [-0.3, -0.25) is 15.0 Å². The van der Waals surface area contributed by atoms with E-state index in [0.29, 0.717) is 23.2 Å². The van der Waals surface area contributed by atoms with Crippen LogP contribution in [-0.2, 0) is 0 Å². The summed E-state index contributed by atoms with van der Waals surface area (Å²) in [7, 11) is 0. The van der Waals surface area contributed by atoms with E-state index in [-0.39, 0.29) is 18.8 Å². The Morgan fingerprint density at radius 2 is 1.86 bits per heavy atom. The lowest BCUT2D eigenvalue weighted by atomic mass is 10.2. The summed E-state index contributed by atoms with van der Waals surface area (Å²) in [5.74, 6) is 0. The van der Waals surface area contributed by atoms with Gasteiger partial charge in [-0.05, 0) is 12.1 Å². The van der Waals surface area contributed by atoms with Crippen LogP contribution in [0.1, 0.15) is 0 Å². The molecule has 0 bridgehead atoms. The topological polar surface area (TPSA) is 49.6 Å². The molecule has 0 aliphatic carbocycles. The van der Waals surface area contributed by atoms with Gasteiger partial charge < -0.3 is 4.90 Å². The number of benzene rings is 1. The monoisotopic (exact) mass is 367 g/mol. The third-order valence-corrected chi connectivity index (χ3v) is 3.74. The van der Waals surface area contributed by atoms with E-state index in [1.165, 1.54) is 11.0 Å². The third kappa shape index (κ3) is 4.31. The van der Waals surface area contributed by atoms with Crippen LogP contribution in [0.15, 0.2) is 22.7 Å². The van der Waals surface area contributed by atoms with Crippen molar-refractivity contribution in [2.75, 3.05) is 37.6 Å². The zero-order valence-electron chi connectivity index (χ0n) is 10.9. The number of piperazine rings is 1. The van der Waals surface area contributed by atoms with Crippen molar-refractivity contribution in [3.8, 4) is 0 Å². The lowest BCUT2D eigenvalue weighted by molar-refractivity contribution is -0.384. The van der Waals surface area contributed by atoms with Crippen LogP contribution in [0.5, 0.6) is 0 Å². The predicted molar refractivity (Wildman–Crippen MR) is 75.5 cm³/mol. The highest BCUT2D eigenvalue weighted by atomic mass is 79.9. The fourth-order valence-electron chi connectivity index (χ4n) is 2.31. The molecule has 5 nitrogen and oxygen atoms in total. The molecule has 0 amide bonds. The maximum atomic E-state index is 12.3. The average molecular weight is 368 g/mol. The molecular weight excluding hydrogens is 355 g/mol. The maximum absolute atomic E-state index is 12.3. The molecule has 0 aromatic heterocycles. The Bertz CT molecular complexity index is 531. The minimum absolute atomic E-state index is 0.0475. The second-order valence-electron chi connectivity index (χ2n) is 4.77. The number of rotatable bonds is 3. The minimum atomic E-state index is -4.22. The van der Waals surface area contributed by atoms with E-state index in [0.717, 1.165) is 0 Å². The summed E-state index contributed by atoms with van der Waals surface area (Å²) in [5, 5.41) is 11.1. The van der Waals surface area contributed by atoms with E-state index < -0.39 is 17.6 Å². The summed E-state index contributed by atoms with van der Waals surface area (Å²) in [6.07, 6.45) is -4.22. The lowest BCUT2D eigenvalue weighted by Gasteiger charge is -2.36. The minimum Gasteiger partial charge on any atom is -0.363 e. The molecule has 1 aromatic rings. The number of nitro groups is 1. The zero-order valence-corrected chi connectivity index (χ0v) is 12.5. The molecule has 2 rings (SSSR count). The number of hydrogen-bond acceptors (Lipinski definition) is 4. The number of nitro benzene ring substituents is 1. The van der Waals surface area contributed by atoms with Crippen molar-refractivity contribution < 1.29 is 18.1 Å². The first-order chi connectivity index (χ1) is 9.76. The predicted octanol–water partition coefficient (Wildman–Crippen LogP) is 3.04. The van der Waals surface area contributed by atoms with E-state index in [1.807, 2.05) is 0 Å². The smallest absolute Gasteiger partial charge is 0.363 e. The zero-order chi connectivity index (χ0) is 15.6. The molecule has 1 fully saturated rings. The van der Waals surface area contributed by atoms with Crippen LogP contribution in [-0.4, -0.2) is 48.7 Å². The first-order valence-corrected chi connectivity index (χ1v) is 7.03. The van der Waals surface area contributed by atoms with Crippen LogP contribution in [0.3, 0.4) is 0 Å². The molecule has 0 spiro atoms. The summed E-state index contributed by atoms with van der Waals surface area (Å²) >= 11 is 3.18. The normalized spacial score (nSPS) is 17.0. The van der Waals surface area contributed by atoms with Gasteiger partial charge in [-0.25, -0.2) is 0 Å². The van der Waals surface area contributed by atoms with E-state index in [9.17, 15) is 23.3 Å². The first kappa shape index (κ1) is 16.0. The van der Waals surface area contributed by atoms with Crippen molar-refractivity contribution in [1.29, 1.82) is 0 Å². The van der Waals surface area contributed by atoms with Gasteiger partial charge in [0.25, 0.3) is 5.69 Å². The van der Waals surface area contributed by atoms with Crippen molar-refractivity contribution in [2.24, 2.45) is 0 Å². The number of alkyl halides is 3. The Balaban J connectivity index is 2.07. The fourth-order valence-corrected chi connectivity index (χ4v) is 2.66. The molecule has 0 unspecified atom stereocenters. The summed E-state index contributed by atoms with van der Waals surface area (Å²) in [5.41, 5.74) is 0.392. The quantitative estimate of drug-likeness (QED) is 0.608. The Morgan fingerprint density at radius 3 is 2.38 bits per heavy atom. The van der Waals surface area contributed by atoms with Gasteiger partial charge in [0, 0.05) is 36.7 Å². The second kappa shape index (κ2) is 6.18. The fraction of sp³-hybridized carbons (Fsp3) is 0.500. The highest BCUT2D eigenvalue weighted by Crippen LogP contribution is 2.32. The van der Waals surface area contributed by atoms with Crippen molar-refractivity contribution in [3.63, 3.8) is 0 Å². The lowest BCUT2D eigenvalue weighted by Crippen LogP contribution is -2.49. The van der Waals surface area contributed by atoms with Crippen LogP contribution in [0.25, 0.3) is 0 Å². The molecular formula is C12H13BrF3N3O2. The van der Waals surface area contributed by atoms with Crippen molar-refractivity contribution in [2.45, 2.75) is 6.18 Å². The number of halogens is 4. The Labute approximate surface area is 127 Å². The van der Waals surface area contributed by atoms with Gasteiger partial charge in [-0.1, -0.05) is 15.9 Å². The van der Waals surface area contributed by atoms with Crippen molar-refractivity contribution in [1.82, 2.24) is 4.90 Å².